The van der Waals surface area contributed by atoms with Gasteiger partial charge in [-0.1, -0.05) is 12.1 Å². The Labute approximate surface area is 155 Å². The minimum atomic E-state index is -0.908. The van der Waals surface area contributed by atoms with Crippen LogP contribution in [0.15, 0.2) is 24.3 Å². The highest BCUT2D eigenvalue weighted by Crippen LogP contribution is 2.35. The van der Waals surface area contributed by atoms with E-state index in [1.54, 1.807) is 0 Å². The van der Waals surface area contributed by atoms with Crippen LogP contribution in [-0.4, -0.2) is 60.3 Å². The lowest BCUT2D eigenvalue weighted by Crippen LogP contribution is -2.44. The zero-order chi connectivity index (χ0) is 18.4. The quantitative estimate of drug-likeness (QED) is 0.792. The number of likely N-dealkylation sites (tertiary alicyclic amines) is 2. The van der Waals surface area contributed by atoms with Gasteiger partial charge in [0, 0.05) is 19.6 Å². The molecule has 1 aromatic carbocycles. The van der Waals surface area contributed by atoms with Crippen LogP contribution >= 0.6 is 0 Å². The largest absolute Gasteiger partial charge is 0.494 e. The highest BCUT2D eigenvalue weighted by atomic mass is 16.5. The van der Waals surface area contributed by atoms with Gasteiger partial charge in [0.15, 0.2) is 0 Å². The van der Waals surface area contributed by atoms with Crippen LogP contribution in [0.3, 0.4) is 0 Å². The normalized spacial score (nSPS) is 19.9. The summed E-state index contributed by atoms with van der Waals surface area (Å²) in [6, 6.07) is 10.2. The number of amides is 1. The zero-order valence-electron chi connectivity index (χ0n) is 15.2. The Bertz CT molecular complexity index is 639. The molecule has 0 bridgehead atoms. The van der Waals surface area contributed by atoms with Crippen molar-refractivity contribution in [3.05, 3.63) is 29.8 Å². The van der Waals surface area contributed by atoms with Gasteiger partial charge in [-0.2, -0.15) is 5.26 Å². The van der Waals surface area contributed by atoms with E-state index < -0.39 is 11.5 Å². The summed E-state index contributed by atoms with van der Waals surface area (Å²) in [5, 5.41) is 18.8. The standard InChI is InChI=1S/C20H27N3O3/c21-16-20(8-13-23(14-9-20)19(24)25)17-4-6-18(7-5-17)26-15-3-12-22-10-1-2-11-22/h4-7H,1-3,8-15H2,(H,24,25). The van der Waals surface area contributed by atoms with Crippen molar-refractivity contribution in [2.24, 2.45) is 0 Å². The number of nitriles is 1. The molecule has 0 unspecified atom stereocenters. The number of hydrogen-bond acceptors (Lipinski definition) is 4. The monoisotopic (exact) mass is 357 g/mol. The number of benzene rings is 1. The second-order valence-electron chi connectivity index (χ2n) is 7.24. The van der Waals surface area contributed by atoms with Crippen molar-refractivity contribution in [1.82, 2.24) is 9.80 Å². The Morgan fingerprint density at radius 2 is 1.81 bits per heavy atom. The van der Waals surface area contributed by atoms with E-state index >= 15 is 0 Å². The summed E-state index contributed by atoms with van der Waals surface area (Å²) in [4.78, 5) is 14.9. The molecular weight excluding hydrogens is 330 g/mol. The van der Waals surface area contributed by atoms with Crippen LogP contribution in [-0.2, 0) is 5.41 Å². The van der Waals surface area contributed by atoms with E-state index in [1.807, 2.05) is 24.3 Å². The lowest BCUT2D eigenvalue weighted by Gasteiger charge is -2.36. The van der Waals surface area contributed by atoms with E-state index in [0.717, 1.165) is 24.3 Å². The number of rotatable bonds is 6. The summed E-state index contributed by atoms with van der Waals surface area (Å²) in [7, 11) is 0. The first kappa shape index (κ1) is 18.5. The molecular formula is C20H27N3O3. The van der Waals surface area contributed by atoms with Crippen LogP contribution in [0.1, 0.15) is 37.7 Å². The SMILES string of the molecule is N#CC1(c2ccc(OCCCN3CCCC3)cc2)CCN(C(=O)O)CC1. The minimum Gasteiger partial charge on any atom is -0.494 e. The van der Waals surface area contributed by atoms with Gasteiger partial charge in [0.2, 0.25) is 0 Å². The van der Waals surface area contributed by atoms with Gasteiger partial charge in [0.1, 0.15) is 5.75 Å². The number of piperidine rings is 1. The predicted molar refractivity (Wildman–Crippen MR) is 98.4 cm³/mol. The van der Waals surface area contributed by atoms with E-state index in [9.17, 15) is 10.1 Å². The maximum Gasteiger partial charge on any atom is 0.407 e. The fraction of sp³-hybridized carbons (Fsp3) is 0.600. The second-order valence-corrected chi connectivity index (χ2v) is 7.24. The number of carbonyl (C=O) groups is 1. The number of carboxylic acid groups (broad SMARTS) is 1. The van der Waals surface area contributed by atoms with Gasteiger partial charge in [0.25, 0.3) is 0 Å². The van der Waals surface area contributed by atoms with E-state index in [-0.39, 0.29) is 0 Å². The van der Waals surface area contributed by atoms with E-state index in [0.29, 0.717) is 32.5 Å². The Balaban J connectivity index is 1.51. The number of ether oxygens (including phenoxy) is 1. The fourth-order valence-corrected chi connectivity index (χ4v) is 3.90. The van der Waals surface area contributed by atoms with Crippen molar-refractivity contribution in [2.75, 3.05) is 39.3 Å². The summed E-state index contributed by atoms with van der Waals surface area (Å²) in [6.45, 7) is 5.02. The first-order valence-corrected chi connectivity index (χ1v) is 9.48. The molecule has 6 nitrogen and oxygen atoms in total. The third-order valence-electron chi connectivity index (χ3n) is 5.59. The number of nitrogens with zero attached hydrogens (tertiary/aromatic N) is 3. The van der Waals surface area contributed by atoms with E-state index in [2.05, 4.69) is 11.0 Å². The fourth-order valence-electron chi connectivity index (χ4n) is 3.90. The van der Waals surface area contributed by atoms with E-state index in [4.69, 9.17) is 9.84 Å². The van der Waals surface area contributed by atoms with Crippen LogP contribution in [0, 0.1) is 11.3 Å². The summed E-state index contributed by atoms with van der Waals surface area (Å²) in [5.41, 5.74) is 0.356. The van der Waals surface area contributed by atoms with Crippen molar-refractivity contribution >= 4 is 6.09 Å². The molecule has 0 saturated carbocycles. The molecule has 2 heterocycles. The Morgan fingerprint density at radius 1 is 1.15 bits per heavy atom. The number of hydrogen-bond donors (Lipinski definition) is 1. The van der Waals surface area contributed by atoms with Gasteiger partial charge < -0.3 is 19.6 Å². The topological polar surface area (TPSA) is 76.8 Å². The van der Waals surface area contributed by atoms with Crippen molar-refractivity contribution in [2.45, 2.75) is 37.5 Å². The third kappa shape index (κ3) is 4.28. The van der Waals surface area contributed by atoms with Crippen LogP contribution in [0.5, 0.6) is 5.75 Å². The van der Waals surface area contributed by atoms with Crippen molar-refractivity contribution in [3.8, 4) is 11.8 Å². The lowest BCUT2D eigenvalue weighted by atomic mass is 9.74. The van der Waals surface area contributed by atoms with Crippen LogP contribution in [0.25, 0.3) is 0 Å². The van der Waals surface area contributed by atoms with Gasteiger partial charge in [-0.15, -0.1) is 0 Å². The molecule has 26 heavy (non-hydrogen) atoms. The molecule has 2 aliphatic heterocycles. The molecule has 140 valence electrons. The summed E-state index contributed by atoms with van der Waals surface area (Å²) in [6.07, 6.45) is 3.81. The average Bonchev–Trinajstić information content (AvgIpc) is 3.19. The van der Waals surface area contributed by atoms with Crippen LogP contribution < -0.4 is 4.74 Å². The molecule has 2 aliphatic rings. The molecule has 0 spiro atoms. The minimum absolute atomic E-state index is 0.400. The van der Waals surface area contributed by atoms with Gasteiger partial charge in [-0.3, -0.25) is 0 Å². The zero-order valence-corrected chi connectivity index (χ0v) is 15.2. The molecule has 2 fully saturated rings. The molecule has 1 N–H and O–H groups in total. The van der Waals surface area contributed by atoms with Crippen LogP contribution in [0.2, 0.25) is 0 Å². The van der Waals surface area contributed by atoms with Crippen molar-refractivity contribution < 1.29 is 14.6 Å². The maximum absolute atomic E-state index is 11.1. The molecule has 0 aromatic heterocycles. The predicted octanol–water partition coefficient (Wildman–Crippen LogP) is 3.09. The van der Waals surface area contributed by atoms with Crippen molar-refractivity contribution in [3.63, 3.8) is 0 Å². The molecule has 1 amide bonds. The summed E-state index contributed by atoms with van der Waals surface area (Å²) < 4.78 is 5.83. The average molecular weight is 357 g/mol. The summed E-state index contributed by atoms with van der Waals surface area (Å²) >= 11 is 0. The Morgan fingerprint density at radius 3 is 2.38 bits per heavy atom. The van der Waals surface area contributed by atoms with Gasteiger partial charge in [-0.25, -0.2) is 4.79 Å². The first-order chi connectivity index (χ1) is 12.6. The maximum atomic E-state index is 11.1. The molecule has 6 heteroatoms. The van der Waals surface area contributed by atoms with Gasteiger partial charge in [-0.05, 0) is 62.9 Å². The first-order valence-electron chi connectivity index (χ1n) is 9.48. The lowest BCUT2D eigenvalue weighted by molar-refractivity contribution is 0.125. The van der Waals surface area contributed by atoms with Crippen molar-refractivity contribution in [1.29, 1.82) is 5.26 Å². The molecule has 2 saturated heterocycles. The highest BCUT2D eigenvalue weighted by Gasteiger charge is 2.37. The van der Waals surface area contributed by atoms with E-state index in [1.165, 1.54) is 30.8 Å². The Kier molecular flexibility index (Phi) is 6.00. The Hall–Kier alpha value is -2.26. The second kappa shape index (κ2) is 8.41. The molecule has 3 rings (SSSR count). The van der Waals surface area contributed by atoms with Gasteiger partial charge in [0.05, 0.1) is 18.1 Å². The molecule has 0 radical (unpaired) electrons. The molecule has 0 aliphatic carbocycles. The third-order valence-corrected chi connectivity index (χ3v) is 5.59. The van der Waals surface area contributed by atoms with Gasteiger partial charge >= 0.3 is 6.09 Å². The smallest absolute Gasteiger partial charge is 0.407 e. The van der Waals surface area contributed by atoms with Crippen LogP contribution in [0.4, 0.5) is 4.79 Å². The highest BCUT2D eigenvalue weighted by molar-refractivity contribution is 5.65. The molecule has 0 atom stereocenters. The summed E-state index contributed by atoms with van der Waals surface area (Å²) in [5.74, 6) is 0.825. The molecule has 1 aromatic rings.